The molecule has 0 fully saturated rings. The number of aryl methyl sites for hydroxylation is 1. The molecule has 1 aromatic heterocycles. The van der Waals surface area contributed by atoms with E-state index >= 15 is 0 Å². The van der Waals surface area contributed by atoms with E-state index in [1.54, 1.807) is 12.3 Å². The highest BCUT2D eigenvalue weighted by Crippen LogP contribution is 2.17. The number of anilines is 1. The summed E-state index contributed by atoms with van der Waals surface area (Å²) in [6.45, 7) is 3.75. The molecule has 0 aliphatic heterocycles. The Labute approximate surface area is 109 Å². The molecule has 0 aliphatic carbocycles. The van der Waals surface area contributed by atoms with Crippen LogP contribution in [0.3, 0.4) is 0 Å². The average molecular weight is 270 g/mol. The van der Waals surface area contributed by atoms with Crippen LogP contribution in [0.2, 0.25) is 0 Å². The molecule has 0 saturated carbocycles. The highest BCUT2D eigenvalue weighted by molar-refractivity contribution is 7.84. The van der Waals surface area contributed by atoms with Crippen LogP contribution in [-0.4, -0.2) is 38.3 Å². The molecule has 1 heterocycles. The van der Waals surface area contributed by atoms with Crippen LogP contribution in [0.4, 0.5) is 5.69 Å². The quantitative estimate of drug-likeness (QED) is 0.821. The molecule has 0 aliphatic rings. The Morgan fingerprint density at radius 2 is 2.28 bits per heavy atom. The molecule has 5 nitrogen and oxygen atoms in total. The number of carbonyl (C=O) groups is 1. The number of carboxylic acid groups (broad SMARTS) is 1. The lowest BCUT2D eigenvalue weighted by Crippen LogP contribution is -2.20. The van der Waals surface area contributed by atoms with Gasteiger partial charge in [0.25, 0.3) is 0 Å². The Balaban J connectivity index is 2.79. The van der Waals surface area contributed by atoms with Crippen molar-refractivity contribution in [2.75, 3.05) is 17.3 Å². The molecule has 0 saturated heterocycles. The molecule has 2 N–H and O–H groups in total. The van der Waals surface area contributed by atoms with Crippen molar-refractivity contribution in [3.63, 3.8) is 0 Å². The van der Waals surface area contributed by atoms with E-state index in [4.69, 9.17) is 5.11 Å². The van der Waals surface area contributed by atoms with Crippen molar-refractivity contribution in [1.82, 2.24) is 4.98 Å². The number of hydrogen-bond donors (Lipinski definition) is 2. The van der Waals surface area contributed by atoms with Gasteiger partial charge in [-0.2, -0.15) is 0 Å². The smallest absolute Gasteiger partial charge is 0.339 e. The van der Waals surface area contributed by atoms with E-state index in [1.165, 1.54) is 6.20 Å². The number of carboxylic acids is 1. The number of hydrogen-bond acceptors (Lipinski definition) is 4. The summed E-state index contributed by atoms with van der Waals surface area (Å²) in [5, 5.41) is 12.2. The minimum absolute atomic E-state index is 0.0637. The number of rotatable bonds is 6. The molecule has 1 aromatic rings. The van der Waals surface area contributed by atoms with Gasteiger partial charge in [-0.05, 0) is 26.3 Å². The first-order chi connectivity index (χ1) is 8.40. The Hall–Kier alpha value is -1.43. The van der Waals surface area contributed by atoms with Crippen molar-refractivity contribution in [1.29, 1.82) is 0 Å². The number of aromatic nitrogens is 1. The number of nitrogens with one attached hydrogen (secondary N) is 1. The summed E-state index contributed by atoms with van der Waals surface area (Å²) in [6.07, 6.45) is 3.74. The summed E-state index contributed by atoms with van der Waals surface area (Å²) >= 11 is 0. The van der Waals surface area contributed by atoms with Gasteiger partial charge < -0.3 is 10.4 Å². The van der Waals surface area contributed by atoms with E-state index in [0.29, 0.717) is 11.4 Å². The lowest BCUT2D eigenvalue weighted by Gasteiger charge is -2.16. The SMILES string of the molecule is Cc1cc(NC(C)CCS(C)=O)c(C(=O)O)cn1. The third-order valence-corrected chi connectivity index (χ3v) is 3.32. The lowest BCUT2D eigenvalue weighted by molar-refractivity contribution is 0.0697. The van der Waals surface area contributed by atoms with Gasteiger partial charge in [0.1, 0.15) is 5.56 Å². The molecule has 0 amide bonds. The Morgan fingerprint density at radius 1 is 1.61 bits per heavy atom. The monoisotopic (exact) mass is 270 g/mol. The molecule has 100 valence electrons. The zero-order chi connectivity index (χ0) is 13.7. The van der Waals surface area contributed by atoms with Crippen LogP contribution in [0.5, 0.6) is 0 Å². The van der Waals surface area contributed by atoms with Gasteiger partial charge in [-0.25, -0.2) is 4.79 Å². The van der Waals surface area contributed by atoms with Crippen molar-refractivity contribution < 1.29 is 14.1 Å². The van der Waals surface area contributed by atoms with E-state index in [-0.39, 0.29) is 11.6 Å². The first kappa shape index (κ1) is 14.6. The predicted octanol–water partition coefficient (Wildman–Crippen LogP) is 1.66. The topological polar surface area (TPSA) is 79.3 Å². The summed E-state index contributed by atoms with van der Waals surface area (Å²) in [7, 11) is -0.831. The van der Waals surface area contributed by atoms with E-state index in [9.17, 15) is 9.00 Å². The van der Waals surface area contributed by atoms with Crippen molar-refractivity contribution in [2.45, 2.75) is 26.3 Å². The van der Waals surface area contributed by atoms with Crippen LogP contribution in [0, 0.1) is 6.92 Å². The molecule has 2 atom stereocenters. The van der Waals surface area contributed by atoms with Gasteiger partial charge >= 0.3 is 5.97 Å². The molecule has 0 radical (unpaired) electrons. The van der Waals surface area contributed by atoms with Crippen molar-refractivity contribution >= 4 is 22.5 Å². The van der Waals surface area contributed by atoms with E-state index < -0.39 is 16.8 Å². The molecule has 6 heteroatoms. The molecular weight excluding hydrogens is 252 g/mol. The fourth-order valence-electron chi connectivity index (χ4n) is 1.53. The second-order valence-corrected chi connectivity index (χ2v) is 5.84. The maximum Gasteiger partial charge on any atom is 0.339 e. The number of pyridine rings is 1. The van der Waals surface area contributed by atoms with Crippen LogP contribution >= 0.6 is 0 Å². The zero-order valence-electron chi connectivity index (χ0n) is 10.8. The van der Waals surface area contributed by atoms with Crippen molar-refractivity contribution in [3.05, 3.63) is 23.5 Å². The van der Waals surface area contributed by atoms with Crippen LogP contribution < -0.4 is 5.32 Å². The molecule has 18 heavy (non-hydrogen) atoms. The van der Waals surface area contributed by atoms with Gasteiger partial charge in [0.15, 0.2) is 0 Å². The van der Waals surface area contributed by atoms with E-state index in [0.717, 1.165) is 12.1 Å². The van der Waals surface area contributed by atoms with Crippen LogP contribution in [0.1, 0.15) is 29.4 Å². The second-order valence-electron chi connectivity index (χ2n) is 4.29. The van der Waals surface area contributed by atoms with Gasteiger partial charge in [0.05, 0.1) is 5.69 Å². The summed E-state index contributed by atoms with van der Waals surface area (Å²) in [6, 6.07) is 1.77. The molecule has 2 unspecified atom stereocenters. The van der Waals surface area contributed by atoms with Gasteiger partial charge in [-0.1, -0.05) is 0 Å². The first-order valence-corrected chi connectivity index (χ1v) is 7.39. The fourth-order valence-corrected chi connectivity index (χ4v) is 2.22. The van der Waals surface area contributed by atoms with Crippen molar-refractivity contribution in [3.8, 4) is 0 Å². The first-order valence-electron chi connectivity index (χ1n) is 5.66. The summed E-state index contributed by atoms with van der Waals surface area (Å²) in [4.78, 5) is 15.0. The van der Waals surface area contributed by atoms with Gasteiger partial charge in [0, 0.05) is 40.7 Å². The Kier molecular flexibility index (Phi) is 5.27. The maximum absolute atomic E-state index is 11.1. The summed E-state index contributed by atoms with van der Waals surface area (Å²) in [5.41, 5.74) is 1.48. The highest BCUT2D eigenvalue weighted by atomic mass is 32.2. The molecule has 0 spiro atoms. The van der Waals surface area contributed by atoms with E-state index in [1.807, 2.05) is 13.8 Å². The zero-order valence-corrected chi connectivity index (χ0v) is 11.6. The maximum atomic E-state index is 11.1. The number of nitrogens with zero attached hydrogens (tertiary/aromatic N) is 1. The summed E-state index contributed by atoms with van der Waals surface area (Å²) in [5.74, 6) is -0.406. The van der Waals surface area contributed by atoms with E-state index in [2.05, 4.69) is 10.3 Å². The average Bonchev–Trinajstić information content (AvgIpc) is 2.26. The minimum Gasteiger partial charge on any atom is -0.478 e. The fraction of sp³-hybridized carbons (Fsp3) is 0.500. The Bertz CT molecular complexity index is 463. The predicted molar refractivity (Wildman–Crippen MR) is 72.6 cm³/mol. The standard InChI is InChI=1S/C12H18N2O3S/c1-8(4-5-18(3)17)14-11-6-9(2)13-7-10(11)12(15)16/h6-8H,4-5H2,1-3H3,(H,13,14)(H,15,16). The normalized spacial score (nSPS) is 13.9. The Morgan fingerprint density at radius 3 is 2.83 bits per heavy atom. The molecule has 0 bridgehead atoms. The number of aromatic carboxylic acids is 1. The third-order valence-electron chi connectivity index (χ3n) is 2.51. The van der Waals surface area contributed by atoms with Crippen LogP contribution in [0.25, 0.3) is 0 Å². The van der Waals surface area contributed by atoms with Crippen LogP contribution in [0.15, 0.2) is 12.3 Å². The largest absolute Gasteiger partial charge is 0.478 e. The van der Waals surface area contributed by atoms with Crippen molar-refractivity contribution in [2.24, 2.45) is 0 Å². The highest BCUT2D eigenvalue weighted by Gasteiger charge is 2.13. The molecule has 1 rings (SSSR count). The summed E-state index contributed by atoms with van der Waals surface area (Å²) < 4.78 is 11.0. The third kappa shape index (κ3) is 4.44. The lowest BCUT2D eigenvalue weighted by atomic mass is 10.1. The van der Waals surface area contributed by atoms with Gasteiger partial charge in [-0.15, -0.1) is 0 Å². The second kappa shape index (κ2) is 6.49. The molecule has 0 aromatic carbocycles. The van der Waals surface area contributed by atoms with Gasteiger partial charge in [0.2, 0.25) is 0 Å². The minimum atomic E-state index is -1.00. The van der Waals surface area contributed by atoms with Gasteiger partial charge in [-0.3, -0.25) is 9.19 Å². The van der Waals surface area contributed by atoms with Crippen LogP contribution in [-0.2, 0) is 10.8 Å². The molecular formula is C12H18N2O3S.